The maximum absolute atomic E-state index is 5.62. The fourth-order valence-electron chi connectivity index (χ4n) is 1.69. The molecule has 0 saturated heterocycles. The molecule has 2 heterocycles. The number of aromatic nitrogens is 4. The van der Waals surface area contributed by atoms with Gasteiger partial charge in [0.25, 0.3) is 0 Å². The fourth-order valence-corrected chi connectivity index (χ4v) is 1.69. The van der Waals surface area contributed by atoms with Gasteiger partial charge in [-0.1, -0.05) is 13.8 Å². The van der Waals surface area contributed by atoms with Crippen LogP contribution in [0, 0.1) is 5.92 Å². The highest BCUT2D eigenvalue weighted by Gasteiger charge is 2.02. The van der Waals surface area contributed by atoms with Crippen LogP contribution in [0.4, 0.5) is 0 Å². The minimum absolute atomic E-state index is 0.392. The van der Waals surface area contributed by atoms with Crippen molar-refractivity contribution in [3.63, 3.8) is 0 Å². The zero-order valence-corrected chi connectivity index (χ0v) is 12.2. The third kappa shape index (κ3) is 4.31. The molecule has 0 aliphatic rings. The third-order valence-corrected chi connectivity index (χ3v) is 2.83. The Balaban J connectivity index is 1.81. The molecule has 0 atom stereocenters. The molecule has 0 aliphatic heterocycles. The van der Waals surface area contributed by atoms with Crippen LogP contribution in [-0.4, -0.2) is 26.3 Å². The molecule has 0 aliphatic carbocycles. The molecular formula is C14H21N5O. The summed E-state index contributed by atoms with van der Waals surface area (Å²) < 4.78 is 7.31. The normalized spacial score (nSPS) is 11.0. The van der Waals surface area contributed by atoms with Gasteiger partial charge in [0.15, 0.2) is 5.82 Å². The summed E-state index contributed by atoms with van der Waals surface area (Å²) in [4.78, 5) is 8.47. The minimum Gasteiger partial charge on any atom is -0.484 e. The maximum atomic E-state index is 5.62. The second-order valence-electron chi connectivity index (χ2n) is 5.10. The lowest BCUT2D eigenvalue weighted by Gasteiger charge is -2.08. The van der Waals surface area contributed by atoms with E-state index >= 15 is 0 Å². The van der Waals surface area contributed by atoms with Crippen LogP contribution in [0.2, 0.25) is 0 Å². The van der Waals surface area contributed by atoms with Crippen molar-refractivity contribution in [1.82, 2.24) is 25.1 Å². The van der Waals surface area contributed by atoms with Crippen molar-refractivity contribution in [2.45, 2.75) is 27.0 Å². The average Bonchev–Trinajstić information content (AvgIpc) is 2.83. The van der Waals surface area contributed by atoms with Crippen molar-refractivity contribution in [3.8, 4) is 5.75 Å². The van der Waals surface area contributed by atoms with Crippen molar-refractivity contribution in [1.29, 1.82) is 0 Å². The lowest BCUT2D eigenvalue weighted by atomic mass is 10.2. The summed E-state index contributed by atoms with van der Waals surface area (Å²) in [5.74, 6) is 2.16. The molecule has 0 amide bonds. The maximum Gasteiger partial charge on any atom is 0.164 e. The molecule has 1 N–H and O–H groups in total. The van der Waals surface area contributed by atoms with Gasteiger partial charge in [0.1, 0.15) is 18.7 Å². The lowest BCUT2D eigenvalue weighted by molar-refractivity contribution is 0.288. The Labute approximate surface area is 119 Å². The van der Waals surface area contributed by atoms with Crippen LogP contribution < -0.4 is 10.1 Å². The number of hydrogen-bond acceptors (Lipinski definition) is 5. The Bertz CT molecular complexity index is 521. The van der Waals surface area contributed by atoms with Crippen LogP contribution in [0.25, 0.3) is 0 Å². The molecule has 0 saturated carbocycles. The van der Waals surface area contributed by atoms with Crippen LogP contribution in [0.3, 0.4) is 0 Å². The van der Waals surface area contributed by atoms with Crippen LogP contribution in [0.15, 0.2) is 24.7 Å². The van der Waals surface area contributed by atoms with E-state index in [4.69, 9.17) is 4.74 Å². The number of aryl methyl sites for hydroxylation is 1. The van der Waals surface area contributed by atoms with Crippen LogP contribution in [0.1, 0.15) is 25.4 Å². The zero-order valence-electron chi connectivity index (χ0n) is 12.2. The first-order chi connectivity index (χ1) is 9.65. The van der Waals surface area contributed by atoms with E-state index in [9.17, 15) is 0 Å². The largest absolute Gasteiger partial charge is 0.484 e. The SMILES string of the molecule is CC(C)CNCc1ccc(OCc2ncnn2C)cn1. The van der Waals surface area contributed by atoms with E-state index in [1.54, 1.807) is 10.9 Å². The smallest absolute Gasteiger partial charge is 0.164 e. The summed E-state index contributed by atoms with van der Waals surface area (Å²) in [5.41, 5.74) is 1.01. The second kappa shape index (κ2) is 7.00. The van der Waals surface area contributed by atoms with Crippen molar-refractivity contribution < 1.29 is 4.74 Å². The summed E-state index contributed by atoms with van der Waals surface area (Å²) >= 11 is 0. The quantitative estimate of drug-likeness (QED) is 0.830. The average molecular weight is 275 g/mol. The topological polar surface area (TPSA) is 64.9 Å². The highest BCUT2D eigenvalue weighted by atomic mass is 16.5. The molecule has 2 rings (SSSR count). The molecule has 0 aromatic carbocycles. The van der Waals surface area contributed by atoms with Crippen LogP contribution >= 0.6 is 0 Å². The van der Waals surface area contributed by atoms with Gasteiger partial charge in [-0.25, -0.2) is 4.98 Å². The zero-order chi connectivity index (χ0) is 14.4. The number of nitrogens with zero attached hydrogens (tertiary/aromatic N) is 4. The van der Waals surface area contributed by atoms with Crippen LogP contribution in [0.5, 0.6) is 5.75 Å². The van der Waals surface area contributed by atoms with E-state index in [2.05, 4.69) is 34.2 Å². The number of hydrogen-bond donors (Lipinski definition) is 1. The molecule has 0 bridgehead atoms. The van der Waals surface area contributed by atoms with Gasteiger partial charge in [-0.2, -0.15) is 5.10 Å². The van der Waals surface area contributed by atoms with Gasteiger partial charge >= 0.3 is 0 Å². The summed E-state index contributed by atoms with van der Waals surface area (Å²) in [6, 6.07) is 3.90. The number of pyridine rings is 1. The van der Waals surface area contributed by atoms with Gasteiger partial charge in [0, 0.05) is 13.6 Å². The highest BCUT2D eigenvalue weighted by Crippen LogP contribution is 2.10. The van der Waals surface area contributed by atoms with Gasteiger partial charge in [-0.15, -0.1) is 0 Å². The Morgan fingerprint density at radius 3 is 2.75 bits per heavy atom. The summed E-state index contributed by atoms with van der Waals surface area (Å²) in [5, 5.41) is 7.35. The Morgan fingerprint density at radius 1 is 1.30 bits per heavy atom. The molecule has 2 aromatic heterocycles. The van der Waals surface area contributed by atoms with Crippen LogP contribution in [-0.2, 0) is 20.2 Å². The highest BCUT2D eigenvalue weighted by molar-refractivity contribution is 5.19. The van der Waals surface area contributed by atoms with E-state index < -0.39 is 0 Å². The lowest BCUT2D eigenvalue weighted by Crippen LogP contribution is -2.19. The second-order valence-corrected chi connectivity index (χ2v) is 5.10. The molecule has 0 radical (unpaired) electrons. The summed E-state index contributed by atoms with van der Waals surface area (Å²) in [7, 11) is 1.84. The molecule has 0 fully saturated rings. The third-order valence-electron chi connectivity index (χ3n) is 2.83. The molecular weight excluding hydrogens is 254 g/mol. The Morgan fingerprint density at radius 2 is 2.15 bits per heavy atom. The summed E-state index contributed by atoms with van der Waals surface area (Å²) in [6.07, 6.45) is 3.25. The minimum atomic E-state index is 0.392. The van der Waals surface area contributed by atoms with Crippen molar-refractivity contribution >= 4 is 0 Å². The molecule has 6 nitrogen and oxygen atoms in total. The Hall–Kier alpha value is -1.95. The molecule has 0 spiro atoms. The molecule has 6 heteroatoms. The van der Waals surface area contributed by atoms with Crippen molar-refractivity contribution in [3.05, 3.63) is 36.2 Å². The van der Waals surface area contributed by atoms with Gasteiger partial charge in [0.05, 0.1) is 11.9 Å². The van der Waals surface area contributed by atoms with Crippen molar-refractivity contribution in [2.24, 2.45) is 13.0 Å². The van der Waals surface area contributed by atoms with Gasteiger partial charge in [0.2, 0.25) is 0 Å². The van der Waals surface area contributed by atoms with Crippen molar-refractivity contribution in [2.75, 3.05) is 6.54 Å². The van der Waals surface area contributed by atoms with E-state index in [1.165, 1.54) is 6.33 Å². The predicted octanol–water partition coefficient (Wildman–Crippen LogP) is 1.53. The van der Waals surface area contributed by atoms with Gasteiger partial charge in [-0.05, 0) is 24.6 Å². The number of ether oxygens (including phenoxy) is 1. The van der Waals surface area contributed by atoms with E-state index in [1.807, 2.05) is 19.2 Å². The van der Waals surface area contributed by atoms with E-state index in [0.29, 0.717) is 12.5 Å². The van der Waals surface area contributed by atoms with Gasteiger partial charge in [-0.3, -0.25) is 9.67 Å². The van der Waals surface area contributed by atoms with E-state index in [-0.39, 0.29) is 0 Å². The molecule has 108 valence electrons. The molecule has 2 aromatic rings. The standard InChI is InChI=1S/C14H21N5O/c1-11(2)6-15-7-12-4-5-13(8-16-12)20-9-14-17-10-18-19(14)3/h4-5,8,10-11,15H,6-7,9H2,1-3H3. The van der Waals surface area contributed by atoms with Gasteiger partial charge < -0.3 is 10.1 Å². The predicted molar refractivity (Wildman–Crippen MR) is 76.1 cm³/mol. The number of nitrogens with one attached hydrogen (secondary N) is 1. The first-order valence-corrected chi connectivity index (χ1v) is 6.76. The monoisotopic (exact) mass is 275 g/mol. The number of rotatable bonds is 7. The molecule has 0 unspecified atom stereocenters. The first kappa shape index (κ1) is 14.5. The first-order valence-electron chi connectivity index (χ1n) is 6.76. The fraction of sp³-hybridized carbons (Fsp3) is 0.500. The Kier molecular flexibility index (Phi) is 5.06. The molecule has 20 heavy (non-hydrogen) atoms. The summed E-state index contributed by atoms with van der Waals surface area (Å²) in [6.45, 7) is 6.53. The van der Waals surface area contributed by atoms with E-state index in [0.717, 1.165) is 30.4 Å².